The van der Waals surface area contributed by atoms with E-state index < -0.39 is 32.4 Å². The molecule has 2 aromatic rings. The van der Waals surface area contributed by atoms with Crippen molar-refractivity contribution in [2.75, 3.05) is 28.1 Å². The lowest BCUT2D eigenvalue weighted by atomic mass is 10.1. The Bertz CT molecular complexity index is 1250. The fraction of sp³-hybridized carbons (Fsp3) is 0.222. The molecule has 0 atom stereocenters. The molecular weight excluding hydrogens is 496 g/mol. The van der Waals surface area contributed by atoms with E-state index in [0.717, 1.165) is 6.07 Å². The van der Waals surface area contributed by atoms with Gasteiger partial charge in [-0.3, -0.25) is 23.4 Å². The topological polar surface area (TPSA) is 259 Å². The van der Waals surface area contributed by atoms with Gasteiger partial charge < -0.3 is 27.0 Å². The average Bonchev–Trinajstić information content (AvgIpc) is 2.66. The van der Waals surface area contributed by atoms with Gasteiger partial charge in [0.15, 0.2) is 0 Å². The van der Waals surface area contributed by atoms with Crippen LogP contribution < -0.4 is 21.5 Å². The summed E-state index contributed by atoms with van der Waals surface area (Å²) in [5, 5.41) is 19.6. The quantitative estimate of drug-likeness (QED) is 0.160. The monoisotopic (exact) mass is 520 g/mol. The molecule has 0 amide bonds. The van der Waals surface area contributed by atoms with Crippen LogP contribution in [0.15, 0.2) is 41.3 Å². The van der Waals surface area contributed by atoms with Crippen LogP contribution in [0.1, 0.15) is 18.4 Å². The second kappa shape index (κ2) is 12.0. The van der Waals surface area contributed by atoms with Gasteiger partial charge in [-0.2, -0.15) is 16.8 Å². The van der Waals surface area contributed by atoms with Crippen LogP contribution in [0.3, 0.4) is 0 Å². The minimum atomic E-state index is -4.39. The molecule has 2 rings (SSSR count). The van der Waals surface area contributed by atoms with E-state index in [-0.39, 0.29) is 42.1 Å². The Kier molecular flexibility index (Phi) is 10.1. The van der Waals surface area contributed by atoms with Crippen molar-refractivity contribution >= 4 is 55.1 Å². The van der Waals surface area contributed by atoms with Gasteiger partial charge in [-0.25, -0.2) is 0 Å². The van der Waals surface area contributed by atoms with Gasteiger partial charge in [-0.1, -0.05) is 0 Å². The van der Waals surface area contributed by atoms with E-state index >= 15 is 0 Å². The molecule has 0 aliphatic carbocycles. The molecule has 10 N–H and O–H groups in total. The fourth-order valence-electron chi connectivity index (χ4n) is 2.52. The molecule has 0 bridgehead atoms. The van der Waals surface area contributed by atoms with Crippen LogP contribution in [0, 0.1) is 0 Å². The third-order valence-electron chi connectivity index (χ3n) is 3.91. The number of aliphatic carboxylic acids is 2. The Labute approximate surface area is 195 Å². The lowest BCUT2D eigenvalue weighted by molar-refractivity contribution is -0.137. The Hall–Kier alpha value is -3.60. The van der Waals surface area contributed by atoms with Gasteiger partial charge in [-0.15, -0.1) is 0 Å². The molecular formula is C18H24N4O10S2. The van der Waals surface area contributed by atoms with Gasteiger partial charge in [-0.05, 0) is 48.4 Å². The predicted molar refractivity (Wildman–Crippen MR) is 123 cm³/mol. The zero-order valence-corrected chi connectivity index (χ0v) is 19.1. The van der Waals surface area contributed by atoms with Crippen LogP contribution in [0.2, 0.25) is 0 Å². The van der Waals surface area contributed by atoms with Crippen molar-refractivity contribution in [3.05, 3.63) is 42.0 Å². The minimum absolute atomic E-state index is 0.0291. The van der Waals surface area contributed by atoms with Crippen molar-refractivity contribution in [1.29, 1.82) is 0 Å². The summed E-state index contributed by atoms with van der Waals surface area (Å²) in [5.74, 6) is -2.03. The summed E-state index contributed by atoms with van der Waals surface area (Å²) < 4.78 is 62.9. The molecule has 0 spiro atoms. The summed E-state index contributed by atoms with van der Waals surface area (Å²) in [7, 11) is -8.76. The number of benzene rings is 2. The molecule has 16 heteroatoms. The van der Waals surface area contributed by atoms with Crippen molar-refractivity contribution in [2.45, 2.75) is 24.2 Å². The molecule has 14 nitrogen and oxygen atoms in total. The van der Waals surface area contributed by atoms with Crippen LogP contribution in [0.25, 0.3) is 0 Å². The second-order valence-electron chi connectivity index (χ2n) is 6.69. The number of carbonyl (C=O) groups is 2. The highest BCUT2D eigenvalue weighted by Crippen LogP contribution is 2.24. The maximum atomic E-state index is 11.0. The summed E-state index contributed by atoms with van der Waals surface area (Å²) in [6.07, 6.45) is -0.235. The lowest BCUT2D eigenvalue weighted by Gasteiger charge is -2.09. The van der Waals surface area contributed by atoms with Gasteiger partial charge in [0, 0.05) is 24.3 Å². The molecule has 0 radical (unpaired) electrons. The number of aryl methyl sites for hydroxylation is 1. The van der Waals surface area contributed by atoms with E-state index in [9.17, 15) is 26.4 Å². The first-order chi connectivity index (χ1) is 15.6. The third kappa shape index (κ3) is 10.8. The molecule has 0 saturated heterocycles. The van der Waals surface area contributed by atoms with Gasteiger partial charge >= 0.3 is 22.2 Å². The van der Waals surface area contributed by atoms with Crippen molar-refractivity contribution in [3.63, 3.8) is 0 Å². The van der Waals surface area contributed by atoms with Crippen LogP contribution in [-0.4, -0.2) is 54.6 Å². The number of hydrogen-bond donors (Lipinski definition) is 8. The smallest absolute Gasteiger partial charge is 0.357 e. The van der Waals surface area contributed by atoms with Gasteiger partial charge in [0.25, 0.3) is 10.1 Å². The summed E-state index contributed by atoms with van der Waals surface area (Å²) in [5.41, 5.74) is 12.3. The SMILES string of the molecule is Nc1ccc(NS(=O)(=O)O)c(CCC(=O)O)c1.Nc1ccc(S(=O)(=O)O)c(NCCC(=O)O)c1. The van der Waals surface area contributed by atoms with Gasteiger partial charge in [0.1, 0.15) is 4.90 Å². The van der Waals surface area contributed by atoms with Crippen LogP contribution >= 0.6 is 0 Å². The Morgan fingerprint density at radius 2 is 1.38 bits per heavy atom. The Balaban J connectivity index is 0.000000340. The van der Waals surface area contributed by atoms with Crippen LogP contribution in [0.4, 0.5) is 22.7 Å². The van der Waals surface area contributed by atoms with Crippen LogP contribution in [-0.2, 0) is 36.4 Å². The summed E-state index contributed by atoms with van der Waals surface area (Å²) >= 11 is 0. The maximum absolute atomic E-state index is 11.0. The van der Waals surface area contributed by atoms with E-state index in [4.69, 9.17) is 30.8 Å². The molecule has 0 aliphatic heterocycles. The third-order valence-corrected chi connectivity index (χ3v) is 5.30. The number of carboxylic acid groups (broad SMARTS) is 2. The van der Waals surface area contributed by atoms with E-state index in [1.165, 1.54) is 30.3 Å². The highest BCUT2D eigenvalue weighted by molar-refractivity contribution is 7.87. The predicted octanol–water partition coefficient (Wildman–Crippen LogP) is 0.903. The molecule has 0 aromatic heterocycles. The number of nitrogen functional groups attached to an aromatic ring is 2. The lowest BCUT2D eigenvalue weighted by Crippen LogP contribution is -2.12. The fourth-order valence-corrected chi connectivity index (χ4v) is 3.64. The van der Waals surface area contributed by atoms with E-state index in [2.05, 4.69) is 5.32 Å². The van der Waals surface area contributed by atoms with Crippen molar-refractivity contribution in [3.8, 4) is 0 Å². The van der Waals surface area contributed by atoms with Crippen LogP contribution in [0.5, 0.6) is 0 Å². The molecule has 34 heavy (non-hydrogen) atoms. The molecule has 0 fully saturated rings. The van der Waals surface area contributed by atoms with Gasteiger partial charge in [0.2, 0.25) is 0 Å². The Morgan fingerprint density at radius 1 is 0.824 bits per heavy atom. The molecule has 0 aliphatic rings. The second-order valence-corrected chi connectivity index (χ2v) is 9.23. The molecule has 2 aromatic carbocycles. The molecule has 0 saturated carbocycles. The summed E-state index contributed by atoms with van der Waals surface area (Å²) in [6.45, 7) is 0.0291. The van der Waals surface area contributed by atoms with Crippen molar-refractivity contribution < 1.29 is 45.7 Å². The summed E-state index contributed by atoms with van der Waals surface area (Å²) in [4.78, 5) is 20.4. The Morgan fingerprint density at radius 3 is 1.91 bits per heavy atom. The zero-order chi connectivity index (χ0) is 26.1. The number of nitrogens with two attached hydrogens (primary N) is 2. The molecule has 188 valence electrons. The standard InChI is InChI=1S/2C9H12N2O5S/c10-7-2-3-8(11-17(14,15)16)6(5-7)1-4-9(12)13;10-6-1-2-8(17(14,15)16)7(5-6)11-4-3-9(12)13/h2-3,5,11H,1,4,10H2,(H,12,13)(H,14,15,16);1-2,5,11H,3-4,10H2,(H,12,13)(H,14,15,16). The molecule has 0 heterocycles. The normalized spacial score (nSPS) is 11.1. The first kappa shape index (κ1) is 28.4. The first-order valence-corrected chi connectivity index (χ1v) is 12.1. The minimum Gasteiger partial charge on any atom is -0.481 e. The van der Waals surface area contributed by atoms with E-state index in [1.807, 2.05) is 4.72 Å². The average molecular weight is 521 g/mol. The maximum Gasteiger partial charge on any atom is 0.357 e. The van der Waals surface area contributed by atoms with Gasteiger partial charge in [0.05, 0.1) is 17.8 Å². The van der Waals surface area contributed by atoms with E-state index in [1.54, 1.807) is 0 Å². The largest absolute Gasteiger partial charge is 0.481 e. The first-order valence-electron chi connectivity index (χ1n) is 9.26. The zero-order valence-electron chi connectivity index (χ0n) is 17.5. The number of carboxylic acids is 2. The number of nitrogens with one attached hydrogen (secondary N) is 2. The van der Waals surface area contributed by atoms with Crippen molar-refractivity contribution in [1.82, 2.24) is 0 Å². The summed E-state index contributed by atoms with van der Waals surface area (Å²) in [6, 6.07) is 8.04. The highest BCUT2D eigenvalue weighted by atomic mass is 32.2. The highest BCUT2D eigenvalue weighted by Gasteiger charge is 2.15. The molecule has 0 unspecified atom stereocenters. The van der Waals surface area contributed by atoms with E-state index in [0.29, 0.717) is 16.9 Å². The van der Waals surface area contributed by atoms with Crippen molar-refractivity contribution in [2.24, 2.45) is 0 Å². The number of anilines is 4. The number of hydrogen-bond acceptors (Lipinski definition) is 9. The number of rotatable bonds is 10.